The molecule has 120 valence electrons. The van der Waals surface area contributed by atoms with E-state index in [2.05, 4.69) is 10.4 Å². The fourth-order valence-electron chi connectivity index (χ4n) is 2.99. The zero-order valence-electron chi connectivity index (χ0n) is 12.6. The van der Waals surface area contributed by atoms with E-state index in [-0.39, 0.29) is 11.5 Å². The Morgan fingerprint density at radius 2 is 1.92 bits per heavy atom. The maximum atomic E-state index is 13.2. The molecule has 0 saturated heterocycles. The number of nitrogens with zero attached hydrogens (tertiary/aromatic N) is 3. The zero-order valence-corrected chi connectivity index (χ0v) is 12.6. The van der Waals surface area contributed by atoms with Gasteiger partial charge in [-0.15, -0.1) is 0 Å². The number of nitro groups is 1. The zero-order chi connectivity index (χ0) is 16.7. The second kappa shape index (κ2) is 5.45. The van der Waals surface area contributed by atoms with Gasteiger partial charge in [-0.25, -0.2) is 9.07 Å². The van der Waals surface area contributed by atoms with Gasteiger partial charge in [0.15, 0.2) is 0 Å². The number of hydrogen-bond acceptors (Lipinski definition) is 4. The fourth-order valence-corrected chi connectivity index (χ4v) is 2.99. The van der Waals surface area contributed by atoms with Gasteiger partial charge in [0.05, 0.1) is 10.6 Å². The topological polar surface area (TPSA) is 73.0 Å². The molecule has 2 aromatic carbocycles. The van der Waals surface area contributed by atoms with Crippen molar-refractivity contribution in [2.45, 2.75) is 6.42 Å². The van der Waals surface area contributed by atoms with Gasteiger partial charge in [-0.05, 0) is 36.8 Å². The van der Waals surface area contributed by atoms with Crippen molar-refractivity contribution in [1.82, 2.24) is 9.78 Å². The molecular weight excluding hydrogens is 311 g/mol. The second-order valence-corrected chi connectivity index (χ2v) is 5.52. The molecule has 0 spiro atoms. The summed E-state index contributed by atoms with van der Waals surface area (Å²) < 4.78 is 14.7. The summed E-state index contributed by atoms with van der Waals surface area (Å²) in [5, 5.41) is 19.1. The van der Waals surface area contributed by atoms with Crippen LogP contribution < -0.4 is 5.32 Å². The largest absolute Gasteiger partial charge is 0.369 e. The van der Waals surface area contributed by atoms with Gasteiger partial charge in [0.25, 0.3) is 5.69 Å². The normalized spacial score (nSPS) is 12.7. The van der Waals surface area contributed by atoms with Crippen LogP contribution in [0.2, 0.25) is 0 Å². The van der Waals surface area contributed by atoms with Crippen LogP contribution in [0.1, 0.15) is 5.56 Å². The Morgan fingerprint density at radius 3 is 2.67 bits per heavy atom. The molecule has 0 bridgehead atoms. The second-order valence-electron chi connectivity index (χ2n) is 5.52. The van der Waals surface area contributed by atoms with Crippen molar-refractivity contribution in [3.8, 4) is 16.9 Å². The van der Waals surface area contributed by atoms with Crippen LogP contribution in [-0.4, -0.2) is 21.2 Å². The first kappa shape index (κ1) is 14.4. The molecule has 2 heterocycles. The Balaban J connectivity index is 1.92. The molecule has 1 aromatic heterocycles. The minimum atomic E-state index is -0.421. The lowest BCUT2D eigenvalue weighted by atomic mass is 10.1. The number of aromatic nitrogens is 2. The number of fused-ring (bicyclic) bond motifs is 1. The number of halogens is 1. The van der Waals surface area contributed by atoms with Crippen molar-refractivity contribution < 1.29 is 9.31 Å². The molecule has 3 aromatic rings. The number of anilines is 1. The van der Waals surface area contributed by atoms with E-state index in [0.29, 0.717) is 11.4 Å². The highest BCUT2D eigenvalue weighted by Crippen LogP contribution is 2.36. The molecule has 0 fully saturated rings. The van der Waals surface area contributed by atoms with Crippen molar-refractivity contribution in [2.24, 2.45) is 0 Å². The van der Waals surface area contributed by atoms with E-state index in [4.69, 9.17) is 0 Å². The van der Waals surface area contributed by atoms with Crippen LogP contribution in [0.15, 0.2) is 48.5 Å². The van der Waals surface area contributed by atoms with E-state index >= 15 is 0 Å². The van der Waals surface area contributed by atoms with Crippen LogP contribution >= 0.6 is 0 Å². The van der Waals surface area contributed by atoms with Gasteiger partial charge in [0, 0.05) is 23.7 Å². The van der Waals surface area contributed by atoms with E-state index in [1.165, 1.54) is 18.2 Å². The fraction of sp³-hybridized carbons (Fsp3) is 0.118. The third-order valence-electron chi connectivity index (χ3n) is 4.08. The van der Waals surface area contributed by atoms with Crippen molar-refractivity contribution in [1.29, 1.82) is 0 Å². The van der Waals surface area contributed by atoms with Gasteiger partial charge in [-0.2, -0.15) is 5.10 Å². The Morgan fingerprint density at radius 1 is 1.17 bits per heavy atom. The van der Waals surface area contributed by atoms with Gasteiger partial charge in [-0.1, -0.05) is 12.1 Å². The van der Waals surface area contributed by atoms with Gasteiger partial charge in [0.1, 0.15) is 17.3 Å². The molecule has 0 aliphatic carbocycles. The Hall–Kier alpha value is -3.22. The van der Waals surface area contributed by atoms with Crippen molar-refractivity contribution in [2.75, 3.05) is 11.9 Å². The van der Waals surface area contributed by atoms with E-state index in [1.807, 2.05) is 0 Å². The highest BCUT2D eigenvalue weighted by molar-refractivity contribution is 5.73. The number of nitro benzene ring substituents is 1. The maximum Gasteiger partial charge on any atom is 0.294 e. The smallest absolute Gasteiger partial charge is 0.294 e. The van der Waals surface area contributed by atoms with Crippen LogP contribution in [0, 0.1) is 15.9 Å². The molecule has 0 atom stereocenters. The predicted octanol–water partition coefficient (Wildman–Crippen LogP) is 3.55. The van der Waals surface area contributed by atoms with E-state index in [1.54, 1.807) is 35.0 Å². The number of nitrogens with one attached hydrogen (secondary N) is 1. The van der Waals surface area contributed by atoms with Gasteiger partial charge in [-0.3, -0.25) is 10.1 Å². The lowest BCUT2D eigenvalue weighted by Gasteiger charge is -2.06. The van der Waals surface area contributed by atoms with Crippen LogP contribution in [0.3, 0.4) is 0 Å². The molecular formula is C17H13FN4O2. The molecule has 0 unspecified atom stereocenters. The van der Waals surface area contributed by atoms with E-state index in [9.17, 15) is 14.5 Å². The molecule has 24 heavy (non-hydrogen) atoms. The van der Waals surface area contributed by atoms with Crippen LogP contribution in [0.25, 0.3) is 16.9 Å². The summed E-state index contributed by atoms with van der Waals surface area (Å²) in [6.07, 6.45) is 0.767. The molecule has 1 aliphatic heterocycles. The Kier molecular flexibility index (Phi) is 3.26. The summed E-state index contributed by atoms with van der Waals surface area (Å²) in [6, 6.07) is 12.6. The number of benzene rings is 2. The quantitative estimate of drug-likeness (QED) is 0.590. The van der Waals surface area contributed by atoms with Crippen LogP contribution in [0.5, 0.6) is 0 Å². The third kappa shape index (κ3) is 2.21. The molecule has 6 nitrogen and oxygen atoms in total. The van der Waals surface area contributed by atoms with Gasteiger partial charge < -0.3 is 5.32 Å². The van der Waals surface area contributed by atoms with Gasteiger partial charge >= 0.3 is 0 Å². The highest BCUT2D eigenvalue weighted by atomic mass is 19.1. The first-order valence-corrected chi connectivity index (χ1v) is 7.50. The average molecular weight is 324 g/mol. The molecule has 4 rings (SSSR count). The summed E-state index contributed by atoms with van der Waals surface area (Å²) in [6.45, 7) is 0.738. The van der Waals surface area contributed by atoms with E-state index in [0.717, 1.165) is 29.9 Å². The van der Waals surface area contributed by atoms with Crippen molar-refractivity contribution >= 4 is 11.5 Å². The Bertz CT molecular complexity index is 934. The lowest BCUT2D eigenvalue weighted by molar-refractivity contribution is -0.384. The van der Waals surface area contributed by atoms with Gasteiger partial charge in [0.2, 0.25) is 0 Å². The lowest BCUT2D eigenvalue weighted by Crippen LogP contribution is -2.06. The number of rotatable bonds is 3. The summed E-state index contributed by atoms with van der Waals surface area (Å²) in [4.78, 5) is 10.9. The first-order chi connectivity index (χ1) is 11.6. The molecule has 1 aliphatic rings. The maximum absolute atomic E-state index is 13.2. The number of hydrogen-bond donors (Lipinski definition) is 1. The minimum absolute atomic E-state index is 0.0119. The standard InChI is InChI=1S/C17H13FN4O2/c18-12-7-5-11(6-8-12)16-13-9-10-19-17(13)21(20-16)14-3-1-2-4-15(14)22(23)24/h1-8,19H,9-10H2. The average Bonchev–Trinajstić information content (AvgIpc) is 3.18. The molecule has 0 amide bonds. The minimum Gasteiger partial charge on any atom is -0.369 e. The van der Waals surface area contributed by atoms with Crippen molar-refractivity contribution in [3.63, 3.8) is 0 Å². The first-order valence-electron chi connectivity index (χ1n) is 7.50. The van der Waals surface area contributed by atoms with E-state index < -0.39 is 4.92 Å². The summed E-state index contributed by atoms with van der Waals surface area (Å²) in [5.41, 5.74) is 2.88. The third-order valence-corrected chi connectivity index (χ3v) is 4.08. The molecule has 0 radical (unpaired) electrons. The van der Waals surface area contributed by atoms with Crippen molar-refractivity contribution in [3.05, 3.63) is 70.0 Å². The highest BCUT2D eigenvalue weighted by Gasteiger charge is 2.26. The summed E-state index contributed by atoms with van der Waals surface area (Å²) >= 11 is 0. The number of para-hydroxylation sites is 2. The summed E-state index contributed by atoms with van der Waals surface area (Å²) in [5.74, 6) is 0.440. The molecule has 1 N–H and O–H groups in total. The SMILES string of the molecule is O=[N+]([O-])c1ccccc1-n1nc(-c2ccc(F)cc2)c2c1NCC2. The molecule has 0 saturated carbocycles. The molecule has 7 heteroatoms. The Labute approximate surface area is 136 Å². The summed E-state index contributed by atoms with van der Waals surface area (Å²) in [7, 11) is 0. The van der Waals surface area contributed by atoms with Crippen LogP contribution in [0.4, 0.5) is 15.9 Å². The monoisotopic (exact) mass is 324 g/mol. The predicted molar refractivity (Wildman–Crippen MR) is 87.8 cm³/mol. The van der Waals surface area contributed by atoms with Crippen LogP contribution in [-0.2, 0) is 6.42 Å².